The zero-order valence-electron chi connectivity index (χ0n) is 18.3. The fraction of sp³-hybridized carbons (Fsp3) is 0.720. The van der Waals surface area contributed by atoms with Crippen molar-refractivity contribution in [1.29, 1.82) is 0 Å². The van der Waals surface area contributed by atoms with Gasteiger partial charge in [0.1, 0.15) is 0 Å². The number of hydrogen-bond donors (Lipinski definition) is 2. The Hall–Kier alpha value is -1.23. The number of carbonyl (C=O) groups is 1. The van der Waals surface area contributed by atoms with Crippen LogP contribution in [0.15, 0.2) is 34.9 Å². The smallest absolute Gasteiger partial charge is 0.156 e. The highest BCUT2D eigenvalue weighted by molar-refractivity contribution is 5.90. The highest BCUT2D eigenvalue weighted by atomic mass is 16.5. The van der Waals surface area contributed by atoms with E-state index in [1.54, 1.807) is 6.08 Å². The predicted octanol–water partition coefficient (Wildman–Crippen LogP) is 3.73. The van der Waals surface area contributed by atoms with Crippen LogP contribution in [0.1, 0.15) is 60.3 Å². The van der Waals surface area contributed by atoms with E-state index >= 15 is 0 Å². The van der Waals surface area contributed by atoms with E-state index < -0.39 is 11.0 Å². The third-order valence-electron chi connectivity index (χ3n) is 9.27. The van der Waals surface area contributed by atoms with E-state index in [-0.39, 0.29) is 47.3 Å². The minimum atomic E-state index is -0.920. The van der Waals surface area contributed by atoms with Crippen molar-refractivity contribution in [2.75, 3.05) is 6.61 Å². The first-order valence-electron chi connectivity index (χ1n) is 11.1. The Morgan fingerprint density at radius 1 is 1.38 bits per heavy atom. The lowest BCUT2D eigenvalue weighted by atomic mass is 9.41. The van der Waals surface area contributed by atoms with Gasteiger partial charge in [-0.2, -0.15) is 0 Å². The Kier molecular flexibility index (Phi) is 3.89. The highest BCUT2D eigenvalue weighted by Crippen LogP contribution is 2.81. The Bertz CT molecular complexity index is 879. The number of aliphatic hydroxyl groups excluding tert-OH is 1. The van der Waals surface area contributed by atoms with Crippen molar-refractivity contribution < 1.29 is 19.7 Å². The molecule has 0 amide bonds. The molecule has 8 atom stereocenters. The molecule has 5 bridgehead atoms. The Labute approximate surface area is 173 Å². The average Bonchev–Trinajstić information content (AvgIpc) is 2.93. The van der Waals surface area contributed by atoms with Gasteiger partial charge in [-0.3, -0.25) is 4.79 Å². The molecule has 0 radical (unpaired) electrons. The van der Waals surface area contributed by atoms with Crippen LogP contribution in [-0.4, -0.2) is 39.9 Å². The van der Waals surface area contributed by atoms with Gasteiger partial charge in [-0.25, -0.2) is 0 Å². The molecule has 1 heterocycles. The summed E-state index contributed by atoms with van der Waals surface area (Å²) in [6, 6.07) is 0. The van der Waals surface area contributed by atoms with E-state index in [1.165, 1.54) is 5.57 Å². The maximum absolute atomic E-state index is 12.6. The van der Waals surface area contributed by atoms with Crippen molar-refractivity contribution >= 4 is 5.78 Å². The summed E-state index contributed by atoms with van der Waals surface area (Å²) in [6.45, 7) is 10.5. The fourth-order valence-corrected chi connectivity index (χ4v) is 8.39. The zero-order chi connectivity index (χ0) is 21.0. The van der Waals surface area contributed by atoms with E-state index in [1.807, 2.05) is 13.8 Å². The van der Waals surface area contributed by atoms with Gasteiger partial charge >= 0.3 is 0 Å². The molecule has 0 aromatic heterocycles. The van der Waals surface area contributed by atoms with Gasteiger partial charge in [-0.1, -0.05) is 37.1 Å². The summed E-state index contributed by atoms with van der Waals surface area (Å²) < 4.78 is 6.74. The third-order valence-corrected chi connectivity index (χ3v) is 9.27. The minimum absolute atomic E-state index is 0.00341. The van der Waals surface area contributed by atoms with E-state index in [2.05, 4.69) is 32.9 Å². The van der Waals surface area contributed by atoms with Crippen LogP contribution in [-0.2, 0) is 9.53 Å². The van der Waals surface area contributed by atoms with Crippen molar-refractivity contribution in [3.63, 3.8) is 0 Å². The Balaban J connectivity index is 1.65. The van der Waals surface area contributed by atoms with Crippen molar-refractivity contribution in [1.82, 2.24) is 0 Å². The van der Waals surface area contributed by atoms with Crippen LogP contribution >= 0.6 is 0 Å². The molecule has 158 valence electrons. The lowest BCUT2D eigenvalue weighted by Gasteiger charge is -2.65. The maximum Gasteiger partial charge on any atom is 0.156 e. The van der Waals surface area contributed by atoms with Crippen molar-refractivity contribution in [2.24, 2.45) is 28.6 Å². The molecule has 1 saturated heterocycles. The summed E-state index contributed by atoms with van der Waals surface area (Å²) in [5, 5.41) is 22.5. The molecular formula is C25H34O4. The molecular weight excluding hydrogens is 364 g/mol. The topological polar surface area (TPSA) is 66.8 Å². The Morgan fingerprint density at radius 2 is 2.10 bits per heavy atom. The van der Waals surface area contributed by atoms with Gasteiger partial charge in [0, 0.05) is 29.6 Å². The number of ether oxygens (including phenoxy) is 1. The van der Waals surface area contributed by atoms with Crippen LogP contribution in [0.25, 0.3) is 0 Å². The molecule has 0 aromatic rings. The second kappa shape index (κ2) is 5.72. The maximum atomic E-state index is 12.6. The van der Waals surface area contributed by atoms with Crippen molar-refractivity contribution in [3.8, 4) is 0 Å². The Morgan fingerprint density at radius 3 is 2.76 bits per heavy atom. The molecule has 5 aliphatic rings. The van der Waals surface area contributed by atoms with Crippen molar-refractivity contribution in [3.05, 3.63) is 34.9 Å². The zero-order valence-corrected chi connectivity index (χ0v) is 18.3. The number of allylic oxidation sites excluding steroid dienone is 3. The molecule has 0 aromatic carbocycles. The molecule has 4 heteroatoms. The molecule has 1 spiro atoms. The van der Waals surface area contributed by atoms with Gasteiger partial charge in [0.2, 0.25) is 0 Å². The first-order valence-corrected chi connectivity index (χ1v) is 11.1. The summed E-state index contributed by atoms with van der Waals surface area (Å²) in [7, 11) is 0. The van der Waals surface area contributed by atoms with Gasteiger partial charge in [0.05, 0.1) is 23.9 Å². The van der Waals surface area contributed by atoms with Crippen molar-refractivity contribution in [2.45, 2.75) is 77.6 Å². The van der Waals surface area contributed by atoms with Gasteiger partial charge in [-0.15, -0.1) is 0 Å². The first kappa shape index (κ1) is 19.7. The number of rotatable bonds is 5. The number of aliphatic hydroxyl groups is 2. The number of carbonyl (C=O) groups excluding carboxylic acids is 1. The molecule has 2 saturated carbocycles. The average molecular weight is 399 g/mol. The molecule has 4 nitrogen and oxygen atoms in total. The summed E-state index contributed by atoms with van der Waals surface area (Å²) in [6.07, 6.45) is 8.98. The first-order chi connectivity index (χ1) is 13.5. The molecule has 8 unspecified atom stereocenters. The van der Waals surface area contributed by atoms with E-state index in [4.69, 9.17) is 4.74 Å². The summed E-state index contributed by atoms with van der Waals surface area (Å²) in [5.74, 6) is 0.383. The molecule has 3 fully saturated rings. The fourth-order valence-electron chi connectivity index (χ4n) is 8.39. The van der Waals surface area contributed by atoms with Crippen LogP contribution in [0.5, 0.6) is 0 Å². The monoisotopic (exact) mass is 398 g/mol. The van der Waals surface area contributed by atoms with Gasteiger partial charge in [-0.05, 0) is 57.1 Å². The summed E-state index contributed by atoms with van der Waals surface area (Å²) in [5.41, 5.74) is 1.36. The second-order valence-electron chi connectivity index (χ2n) is 11.1. The number of hydrogen-bond acceptors (Lipinski definition) is 4. The largest absolute Gasteiger partial charge is 0.392 e. The predicted molar refractivity (Wildman–Crippen MR) is 111 cm³/mol. The van der Waals surface area contributed by atoms with Gasteiger partial charge in [0.25, 0.3) is 0 Å². The van der Waals surface area contributed by atoms with Gasteiger partial charge < -0.3 is 14.9 Å². The molecule has 2 N–H and O–H groups in total. The van der Waals surface area contributed by atoms with Crippen LogP contribution < -0.4 is 0 Å². The van der Waals surface area contributed by atoms with E-state index in [9.17, 15) is 15.0 Å². The number of ketones is 1. The normalized spacial score (nSPS) is 49.6. The quantitative estimate of drug-likeness (QED) is 0.547. The second-order valence-corrected chi connectivity index (χ2v) is 11.1. The summed E-state index contributed by atoms with van der Waals surface area (Å²) >= 11 is 0. The van der Waals surface area contributed by atoms with E-state index in [0.717, 1.165) is 24.0 Å². The van der Waals surface area contributed by atoms with Crippen LogP contribution in [0.3, 0.4) is 0 Å². The lowest BCUT2D eigenvalue weighted by molar-refractivity contribution is -0.237. The highest BCUT2D eigenvalue weighted by Gasteiger charge is 2.83. The standard InChI is InChI=1S/C25H34O4/c1-14(2)8-17(27)9-15(3)18-10-20-22(4)11-19-21-16(12-26)6-7-24(18,22)25(21,28)13-23(19,5)29-20/h6,8,10,15,19-21,26,28H,7,9,11-13H2,1-5H3. The van der Waals surface area contributed by atoms with E-state index in [0.29, 0.717) is 12.8 Å². The molecule has 29 heavy (non-hydrogen) atoms. The molecule has 1 aliphatic heterocycles. The van der Waals surface area contributed by atoms with Crippen LogP contribution in [0.4, 0.5) is 0 Å². The SMILES string of the molecule is CC(C)=CC(=O)CC(C)C1=CC2OC3(C)CC4(O)C5C(CO)=CCC14C2(C)CC53. The van der Waals surface area contributed by atoms with Crippen LogP contribution in [0, 0.1) is 28.6 Å². The lowest BCUT2D eigenvalue weighted by Crippen LogP contribution is -2.67. The third kappa shape index (κ3) is 2.08. The molecule has 5 rings (SSSR count). The molecule has 4 aliphatic carbocycles. The summed E-state index contributed by atoms with van der Waals surface area (Å²) in [4.78, 5) is 12.6. The van der Waals surface area contributed by atoms with Crippen LogP contribution in [0.2, 0.25) is 0 Å². The minimum Gasteiger partial charge on any atom is -0.392 e. The van der Waals surface area contributed by atoms with Gasteiger partial charge in [0.15, 0.2) is 5.78 Å².